The van der Waals surface area contributed by atoms with Crippen LogP contribution in [0.3, 0.4) is 0 Å². The van der Waals surface area contributed by atoms with Gasteiger partial charge < -0.3 is 16.9 Å². The molecule has 0 heterocycles. The molecule has 0 saturated heterocycles. The van der Waals surface area contributed by atoms with E-state index in [9.17, 15) is 0 Å². The van der Waals surface area contributed by atoms with E-state index in [0.29, 0.717) is 5.71 Å². The van der Waals surface area contributed by atoms with Crippen molar-refractivity contribution < 1.29 is 0 Å². The predicted octanol–water partition coefficient (Wildman–Crippen LogP) is -0.215. The summed E-state index contributed by atoms with van der Waals surface area (Å²) in [6.45, 7) is 1.61. The van der Waals surface area contributed by atoms with Crippen LogP contribution in [0.5, 0.6) is 0 Å². The van der Waals surface area contributed by atoms with Crippen molar-refractivity contribution in [3.05, 3.63) is 11.9 Å². The molecule has 0 aromatic carbocycles. The van der Waals surface area contributed by atoms with E-state index in [-0.39, 0.29) is 5.82 Å². The Morgan fingerprint density at radius 1 is 1.57 bits per heavy atom. The fraction of sp³-hybridized carbons (Fsp3) is 0.250. The van der Waals surface area contributed by atoms with Crippen LogP contribution in [0.15, 0.2) is 11.9 Å². The van der Waals surface area contributed by atoms with Gasteiger partial charge in [0.25, 0.3) is 0 Å². The van der Waals surface area contributed by atoms with Crippen LogP contribution >= 0.6 is 0 Å². The minimum Gasteiger partial charge on any atom is -0.386 e. The van der Waals surface area contributed by atoms with Gasteiger partial charge in [-0.15, -0.1) is 0 Å². The summed E-state index contributed by atoms with van der Waals surface area (Å²) in [5.41, 5.74) is 10.4. The molecule has 0 unspecified atom stereocenters. The first kappa shape index (κ1) is 6.01. The number of rotatable bonds is 1. The Bertz CT molecular complexity index is 99.5. The molecular weight excluding hydrogens is 90.1 g/mol. The van der Waals surface area contributed by atoms with Crippen molar-refractivity contribution in [3.8, 4) is 0 Å². The summed E-state index contributed by atoms with van der Waals surface area (Å²) in [7, 11) is 0. The highest BCUT2D eigenvalue weighted by molar-refractivity contribution is 5.90. The van der Waals surface area contributed by atoms with Crippen LogP contribution in [0, 0.1) is 5.41 Å². The van der Waals surface area contributed by atoms with E-state index in [0.717, 1.165) is 0 Å². The second kappa shape index (κ2) is 2.23. The highest BCUT2D eigenvalue weighted by Crippen LogP contribution is 1.72. The van der Waals surface area contributed by atoms with Gasteiger partial charge >= 0.3 is 0 Å². The molecule has 0 aliphatic rings. The van der Waals surface area contributed by atoms with E-state index < -0.39 is 0 Å². The molecule has 0 aromatic heterocycles. The molecule has 0 spiro atoms. The van der Waals surface area contributed by atoms with Gasteiger partial charge in [-0.2, -0.15) is 0 Å². The summed E-state index contributed by atoms with van der Waals surface area (Å²) in [4.78, 5) is 0. The third kappa shape index (κ3) is 5.01. The average molecular weight is 99.1 g/mol. The van der Waals surface area contributed by atoms with Crippen LogP contribution in [0.25, 0.3) is 0 Å². The topological polar surface area (TPSA) is 75.9 Å². The lowest BCUT2D eigenvalue weighted by Gasteiger charge is -1.85. The first-order chi connectivity index (χ1) is 3.13. The Hall–Kier alpha value is -0.990. The highest BCUT2D eigenvalue weighted by atomic mass is 14.8. The van der Waals surface area contributed by atoms with Crippen LogP contribution in [0.4, 0.5) is 0 Å². The van der Waals surface area contributed by atoms with Gasteiger partial charge in [0.15, 0.2) is 0 Å². The molecule has 3 heteroatoms. The zero-order valence-corrected chi connectivity index (χ0v) is 4.23. The summed E-state index contributed by atoms with van der Waals surface area (Å²) < 4.78 is 0. The van der Waals surface area contributed by atoms with Gasteiger partial charge in [-0.3, -0.25) is 0 Å². The van der Waals surface area contributed by atoms with Crippen LogP contribution in [-0.4, -0.2) is 5.71 Å². The van der Waals surface area contributed by atoms with Crippen molar-refractivity contribution in [3.63, 3.8) is 0 Å². The lowest BCUT2D eigenvalue weighted by atomic mass is 10.4. The van der Waals surface area contributed by atoms with E-state index in [1.807, 2.05) is 0 Å². The average Bonchev–Trinajstić information content (AvgIpc) is 1.27. The third-order valence-corrected chi connectivity index (χ3v) is 0.383. The molecule has 0 rings (SSSR count). The van der Waals surface area contributed by atoms with Crippen LogP contribution in [0.2, 0.25) is 0 Å². The summed E-state index contributed by atoms with van der Waals surface area (Å²) >= 11 is 0. The maximum absolute atomic E-state index is 6.79. The Morgan fingerprint density at radius 2 is 2.00 bits per heavy atom. The van der Waals surface area contributed by atoms with Crippen molar-refractivity contribution >= 4 is 5.71 Å². The number of nitrogens with one attached hydrogen (secondary N) is 1. The lowest BCUT2D eigenvalue weighted by Crippen LogP contribution is -2.09. The smallest absolute Gasteiger partial charge is 0.0951 e. The van der Waals surface area contributed by atoms with Gasteiger partial charge in [0.1, 0.15) is 0 Å². The van der Waals surface area contributed by atoms with Crippen molar-refractivity contribution in [2.75, 3.05) is 0 Å². The second-order valence-electron chi connectivity index (χ2n) is 1.33. The molecule has 40 valence electrons. The van der Waals surface area contributed by atoms with Crippen LogP contribution in [0.1, 0.15) is 6.92 Å². The molecule has 0 atom stereocenters. The van der Waals surface area contributed by atoms with Crippen molar-refractivity contribution in [1.29, 1.82) is 5.41 Å². The van der Waals surface area contributed by atoms with Crippen molar-refractivity contribution in [2.24, 2.45) is 11.5 Å². The van der Waals surface area contributed by atoms with Gasteiger partial charge in [-0.25, -0.2) is 0 Å². The molecular formula is C4H9N3. The molecule has 0 amide bonds. The molecule has 0 fully saturated rings. The summed E-state index contributed by atoms with van der Waals surface area (Å²) in [6, 6.07) is 0. The monoisotopic (exact) mass is 99.1 g/mol. The molecule has 0 bridgehead atoms. The largest absolute Gasteiger partial charge is 0.386 e. The Labute approximate surface area is 42.5 Å². The molecule has 0 saturated carbocycles. The van der Waals surface area contributed by atoms with Crippen molar-refractivity contribution in [2.45, 2.75) is 6.92 Å². The van der Waals surface area contributed by atoms with Gasteiger partial charge in [-0.05, 0) is 13.0 Å². The Kier molecular flexibility index (Phi) is 1.91. The van der Waals surface area contributed by atoms with E-state index in [1.165, 1.54) is 6.08 Å². The lowest BCUT2D eigenvalue weighted by molar-refractivity contribution is 1.25. The van der Waals surface area contributed by atoms with E-state index in [4.69, 9.17) is 16.9 Å². The highest BCUT2D eigenvalue weighted by Gasteiger charge is 1.76. The van der Waals surface area contributed by atoms with E-state index in [1.54, 1.807) is 6.92 Å². The molecule has 3 nitrogen and oxygen atoms in total. The molecule has 0 aromatic rings. The van der Waals surface area contributed by atoms with E-state index >= 15 is 0 Å². The van der Waals surface area contributed by atoms with Crippen LogP contribution < -0.4 is 11.5 Å². The van der Waals surface area contributed by atoms with Gasteiger partial charge in [-0.1, -0.05) is 0 Å². The molecule has 5 N–H and O–H groups in total. The third-order valence-electron chi connectivity index (χ3n) is 0.383. The normalized spacial score (nSPS) is 7.57. The maximum atomic E-state index is 6.79. The molecule has 7 heavy (non-hydrogen) atoms. The summed E-state index contributed by atoms with van der Waals surface area (Å²) in [5, 5.41) is 6.79. The predicted molar refractivity (Wildman–Crippen MR) is 29.9 cm³/mol. The minimum atomic E-state index is 0.188. The first-order valence-corrected chi connectivity index (χ1v) is 1.90. The molecule has 0 aliphatic carbocycles. The standard InChI is InChI=1S/C4H9N3/c1-3(5)2-4(6)7/h2,5H,6-7H2,1H3. The number of allylic oxidation sites excluding steroid dienone is 1. The summed E-state index contributed by atoms with van der Waals surface area (Å²) in [6.07, 6.45) is 1.39. The second-order valence-corrected chi connectivity index (χ2v) is 1.33. The number of hydrogen-bond acceptors (Lipinski definition) is 3. The maximum Gasteiger partial charge on any atom is 0.0951 e. The number of nitrogens with two attached hydrogens (primary N) is 2. The quantitative estimate of drug-likeness (QED) is 0.398. The Balaban J connectivity index is 3.68. The zero-order valence-electron chi connectivity index (χ0n) is 4.23. The fourth-order valence-corrected chi connectivity index (χ4v) is 0.250. The first-order valence-electron chi connectivity index (χ1n) is 1.90. The summed E-state index contributed by atoms with van der Waals surface area (Å²) in [5.74, 6) is 0.188. The fourth-order valence-electron chi connectivity index (χ4n) is 0.250. The van der Waals surface area contributed by atoms with Gasteiger partial charge in [0.05, 0.1) is 5.82 Å². The van der Waals surface area contributed by atoms with Crippen molar-refractivity contribution in [1.82, 2.24) is 0 Å². The number of hydrogen-bond donors (Lipinski definition) is 3. The van der Waals surface area contributed by atoms with Crippen LogP contribution in [-0.2, 0) is 0 Å². The SMILES string of the molecule is CC(=N)C=C(N)N. The molecule has 0 radical (unpaired) electrons. The zero-order chi connectivity index (χ0) is 5.86. The van der Waals surface area contributed by atoms with Gasteiger partial charge in [0.2, 0.25) is 0 Å². The Morgan fingerprint density at radius 3 is 2.00 bits per heavy atom. The van der Waals surface area contributed by atoms with Gasteiger partial charge in [0, 0.05) is 5.71 Å². The van der Waals surface area contributed by atoms with E-state index in [2.05, 4.69) is 0 Å². The molecule has 0 aliphatic heterocycles. The minimum absolute atomic E-state index is 0.188.